The van der Waals surface area contributed by atoms with E-state index in [4.69, 9.17) is 0 Å². The summed E-state index contributed by atoms with van der Waals surface area (Å²) in [6.07, 6.45) is 2.04. The summed E-state index contributed by atoms with van der Waals surface area (Å²) in [5.74, 6) is -11.1. The van der Waals surface area contributed by atoms with Crippen molar-refractivity contribution in [3.05, 3.63) is 59.2 Å². The van der Waals surface area contributed by atoms with E-state index in [-0.39, 0.29) is 129 Å². The largest absolute Gasteiger partial charge is 1.00 e. The predicted octanol–water partition coefficient (Wildman–Crippen LogP) is -16.4. The van der Waals surface area contributed by atoms with Crippen LogP contribution in [-0.2, 0) is 14.4 Å². The summed E-state index contributed by atoms with van der Waals surface area (Å²) in [7, 11) is 0. The van der Waals surface area contributed by atoms with Crippen LogP contribution in [0.4, 0.5) is 0 Å². The van der Waals surface area contributed by atoms with E-state index in [1.807, 2.05) is 0 Å². The zero-order chi connectivity index (χ0) is 19.6. The Bertz CT molecular complexity index is 877. The van der Waals surface area contributed by atoms with Crippen LogP contribution in [0.5, 0.6) is 0 Å². The van der Waals surface area contributed by atoms with Gasteiger partial charge in [0.15, 0.2) is 5.78 Å². The molecule has 30 heavy (non-hydrogen) atoms. The van der Waals surface area contributed by atoms with Gasteiger partial charge in [0.2, 0.25) is 0 Å². The van der Waals surface area contributed by atoms with E-state index in [1.54, 1.807) is 0 Å². The molecule has 0 saturated heterocycles. The predicted molar refractivity (Wildman–Crippen MR) is 73.3 cm³/mol. The van der Waals surface area contributed by atoms with E-state index in [1.165, 1.54) is 0 Å². The van der Waals surface area contributed by atoms with Crippen LogP contribution < -0.4 is 139 Å². The van der Waals surface area contributed by atoms with Gasteiger partial charge in [0.1, 0.15) is 0 Å². The maximum absolute atomic E-state index is 12.4. The molecule has 0 aromatic heterocycles. The molecule has 1 unspecified atom stereocenters. The van der Waals surface area contributed by atoms with Crippen LogP contribution in [0.2, 0.25) is 0 Å². The van der Waals surface area contributed by atoms with E-state index in [0.717, 1.165) is 30.3 Å². The third-order valence-electron chi connectivity index (χ3n) is 3.92. The number of ketones is 1. The van der Waals surface area contributed by atoms with Crippen LogP contribution in [0.25, 0.3) is 0 Å². The van der Waals surface area contributed by atoms with Crippen LogP contribution in [0.1, 0.15) is 20.7 Å². The summed E-state index contributed by atoms with van der Waals surface area (Å²) in [6.45, 7) is 0. The summed E-state index contributed by atoms with van der Waals surface area (Å²) < 4.78 is 0. The summed E-state index contributed by atoms with van der Waals surface area (Å²) in [5, 5.41) is 44.5. The Kier molecular flexibility index (Phi) is 16.7. The van der Waals surface area contributed by atoms with Gasteiger partial charge in [-0.25, -0.2) is 0 Å². The Labute approximate surface area is 259 Å². The van der Waals surface area contributed by atoms with Crippen molar-refractivity contribution in [2.75, 3.05) is 0 Å². The van der Waals surface area contributed by atoms with Crippen molar-refractivity contribution >= 4 is 29.7 Å². The molecule has 0 radical (unpaired) electrons. The number of benzene rings is 1. The maximum atomic E-state index is 12.4. The normalized spacial score (nSPS) is 15.5. The number of carbonyl (C=O) groups excluding carboxylic acids is 5. The van der Waals surface area contributed by atoms with E-state index in [0.29, 0.717) is 12.2 Å². The molecule has 13 heteroatoms. The molecule has 1 aromatic carbocycles. The molecule has 0 N–H and O–H groups in total. The zero-order valence-corrected chi connectivity index (χ0v) is 24.8. The molecular weight excluding hydrogens is 440 g/mol. The average molecular weight is 448 g/mol. The quantitative estimate of drug-likeness (QED) is 0.232. The van der Waals surface area contributed by atoms with Gasteiger partial charge in [0, 0.05) is 23.0 Å². The minimum Gasteiger partial charge on any atom is -0.549 e. The maximum Gasteiger partial charge on any atom is 1.00 e. The monoisotopic (exact) mass is 448 g/mol. The van der Waals surface area contributed by atoms with Crippen molar-refractivity contribution < 1.29 is 163 Å². The van der Waals surface area contributed by atoms with Crippen molar-refractivity contribution in [2.45, 2.75) is 0 Å². The van der Waals surface area contributed by atoms with Gasteiger partial charge in [0.05, 0.1) is 23.3 Å². The Morgan fingerprint density at radius 3 is 1.53 bits per heavy atom. The van der Waals surface area contributed by atoms with Crippen LogP contribution >= 0.6 is 0 Å². The number of aliphatic carboxylic acids is 3. The van der Waals surface area contributed by atoms with Crippen LogP contribution in [0, 0.1) is 11.3 Å². The molecule has 0 spiro atoms. The van der Waals surface area contributed by atoms with E-state index in [9.17, 15) is 44.4 Å². The first-order chi connectivity index (χ1) is 12.1. The minimum atomic E-state index is -3.14. The minimum absolute atomic E-state index is 0. The standard InChI is InChI=1S/C17H12O9.4Na/c18-12(8-1-3-9(4-2-8)13(19)20)10-5-6-11(14(21)22)17(7-10,15(23)24)16(25)26;;;;/h1-7,11H,(H,19,20)(H,21,22)(H,23,24)(H,25,26);;;;/q;4*+1/p-4. The van der Waals surface area contributed by atoms with E-state index < -0.39 is 46.6 Å². The molecule has 0 bridgehead atoms. The Balaban J connectivity index is -0.00000182. The summed E-state index contributed by atoms with van der Waals surface area (Å²) in [5.41, 5.74) is -3.89. The van der Waals surface area contributed by atoms with Gasteiger partial charge >= 0.3 is 118 Å². The van der Waals surface area contributed by atoms with Gasteiger partial charge in [-0.15, -0.1) is 0 Å². The molecule has 0 saturated carbocycles. The third kappa shape index (κ3) is 7.13. The first-order valence-corrected chi connectivity index (χ1v) is 7.02. The number of carboxylic acid groups (broad SMARTS) is 4. The number of allylic oxidation sites excluding steroid dienone is 2. The number of hydrogen-bond acceptors (Lipinski definition) is 9. The van der Waals surface area contributed by atoms with Gasteiger partial charge in [-0.05, 0) is 5.56 Å². The fourth-order valence-electron chi connectivity index (χ4n) is 2.52. The summed E-state index contributed by atoms with van der Waals surface area (Å²) >= 11 is 0. The molecule has 134 valence electrons. The van der Waals surface area contributed by atoms with E-state index >= 15 is 0 Å². The summed E-state index contributed by atoms with van der Waals surface area (Å²) in [4.78, 5) is 57.0. The Morgan fingerprint density at radius 1 is 0.733 bits per heavy atom. The van der Waals surface area contributed by atoms with Crippen molar-refractivity contribution in [1.82, 2.24) is 0 Å². The number of aromatic carboxylic acids is 1. The second-order valence-corrected chi connectivity index (χ2v) is 5.39. The molecule has 0 fully saturated rings. The zero-order valence-electron chi connectivity index (χ0n) is 16.8. The van der Waals surface area contributed by atoms with Gasteiger partial charge in [-0.1, -0.05) is 42.5 Å². The molecule has 1 aliphatic rings. The van der Waals surface area contributed by atoms with Gasteiger partial charge in [0.25, 0.3) is 0 Å². The molecule has 0 heterocycles. The third-order valence-corrected chi connectivity index (χ3v) is 3.92. The van der Waals surface area contributed by atoms with Gasteiger partial charge in [-0.2, -0.15) is 0 Å². The number of hydrogen-bond donors (Lipinski definition) is 0. The molecule has 2 rings (SSSR count). The molecule has 1 aromatic rings. The average Bonchev–Trinajstić information content (AvgIpc) is 2.59. The molecule has 1 aliphatic carbocycles. The molecule has 0 aliphatic heterocycles. The summed E-state index contributed by atoms with van der Waals surface area (Å²) in [6, 6.07) is 4.33. The van der Waals surface area contributed by atoms with Crippen molar-refractivity contribution in [3.8, 4) is 0 Å². The molecule has 1 atom stereocenters. The first kappa shape index (κ1) is 34.9. The van der Waals surface area contributed by atoms with Crippen molar-refractivity contribution in [2.24, 2.45) is 11.3 Å². The topological polar surface area (TPSA) is 178 Å². The fraction of sp³-hybridized carbons (Fsp3) is 0.118. The molecule has 0 amide bonds. The number of carboxylic acids is 4. The molecule has 9 nitrogen and oxygen atoms in total. The SMILES string of the molecule is O=C([O-])c1ccc(C(=O)C2=CC(C(=O)[O-])(C(=O)[O-])C(C(=O)[O-])C=C2)cc1.[Na+].[Na+].[Na+].[Na+]. The first-order valence-electron chi connectivity index (χ1n) is 7.02. The van der Waals surface area contributed by atoms with Crippen molar-refractivity contribution in [1.29, 1.82) is 0 Å². The Morgan fingerprint density at radius 2 is 1.17 bits per heavy atom. The second-order valence-electron chi connectivity index (χ2n) is 5.39. The van der Waals surface area contributed by atoms with Crippen LogP contribution in [-0.4, -0.2) is 29.7 Å². The van der Waals surface area contributed by atoms with Crippen LogP contribution in [0.15, 0.2) is 48.1 Å². The second kappa shape index (κ2) is 14.4. The number of rotatable bonds is 6. The van der Waals surface area contributed by atoms with Crippen molar-refractivity contribution in [3.63, 3.8) is 0 Å². The Hall–Kier alpha value is 0.250. The van der Waals surface area contributed by atoms with Gasteiger partial charge < -0.3 is 39.6 Å². The number of carbonyl (C=O) groups is 5. The smallest absolute Gasteiger partial charge is 0.549 e. The molecular formula is C17H8Na4O9. The fourth-order valence-corrected chi connectivity index (χ4v) is 2.52. The van der Waals surface area contributed by atoms with Gasteiger partial charge in [-0.3, -0.25) is 4.79 Å². The van der Waals surface area contributed by atoms with Crippen LogP contribution in [0.3, 0.4) is 0 Å². The number of Topliss-reactive ketones (excluding diaryl/α,β-unsaturated/α-hetero) is 1. The van der Waals surface area contributed by atoms with E-state index in [2.05, 4.69) is 0 Å².